The second-order valence-corrected chi connectivity index (χ2v) is 4.71. The van der Waals surface area contributed by atoms with Gasteiger partial charge in [-0.25, -0.2) is 8.78 Å². The van der Waals surface area contributed by atoms with Crippen molar-refractivity contribution in [3.63, 3.8) is 0 Å². The largest absolute Gasteiger partial charge is 0.481 e. The number of hydrogen-bond donors (Lipinski definition) is 2. The third kappa shape index (κ3) is 3.50. The van der Waals surface area contributed by atoms with Crippen molar-refractivity contribution in [2.24, 2.45) is 5.73 Å². The van der Waals surface area contributed by atoms with Crippen molar-refractivity contribution in [2.75, 3.05) is 6.54 Å². The Labute approximate surface area is 111 Å². The van der Waals surface area contributed by atoms with Crippen molar-refractivity contribution in [2.45, 2.75) is 38.0 Å². The Balaban J connectivity index is 3.17. The predicted molar refractivity (Wildman–Crippen MR) is 68.9 cm³/mol. The SMILES string of the molecule is CCCCCC(CN)(C(=O)O)c1cc(F)cc(F)c1. The summed E-state index contributed by atoms with van der Waals surface area (Å²) in [6.45, 7) is 1.81. The summed E-state index contributed by atoms with van der Waals surface area (Å²) in [5.41, 5.74) is 4.27. The quantitative estimate of drug-likeness (QED) is 0.749. The van der Waals surface area contributed by atoms with E-state index in [0.29, 0.717) is 6.42 Å². The Bertz CT molecular complexity index is 431. The Hall–Kier alpha value is -1.49. The summed E-state index contributed by atoms with van der Waals surface area (Å²) in [7, 11) is 0. The van der Waals surface area contributed by atoms with E-state index >= 15 is 0 Å². The molecule has 3 nitrogen and oxygen atoms in total. The van der Waals surface area contributed by atoms with Gasteiger partial charge in [0, 0.05) is 12.6 Å². The van der Waals surface area contributed by atoms with Gasteiger partial charge in [0.1, 0.15) is 17.0 Å². The van der Waals surface area contributed by atoms with E-state index in [1.54, 1.807) is 0 Å². The number of hydrogen-bond acceptors (Lipinski definition) is 2. The molecule has 0 radical (unpaired) electrons. The van der Waals surface area contributed by atoms with Crippen LogP contribution in [-0.4, -0.2) is 17.6 Å². The number of carboxylic acids is 1. The van der Waals surface area contributed by atoms with E-state index in [9.17, 15) is 18.7 Å². The molecule has 0 saturated carbocycles. The number of unbranched alkanes of at least 4 members (excludes halogenated alkanes) is 2. The first kappa shape index (κ1) is 15.6. The Morgan fingerprint density at radius 2 is 1.84 bits per heavy atom. The molecule has 0 bridgehead atoms. The molecule has 0 aliphatic carbocycles. The van der Waals surface area contributed by atoms with Crippen LogP contribution in [0.25, 0.3) is 0 Å². The van der Waals surface area contributed by atoms with E-state index in [0.717, 1.165) is 31.0 Å². The molecule has 0 heterocycles. The van der Waals surface area contributed by atoms with Gasteiger partial charge in [0.15, 0.2) is 0 Å². The third-order valence-electron chi connectivity index (χ3n) is 3.38. The summed E-state index contributed by atoms with van der Waals surface area (Å²) >= 11 is 0. The molecule has 0 fully saturated rings. The fourth-order valence-electron chi connectivity index (χ4n) is 2.19. The molecule has 0 spiro atoms. The van der Waals surface area contributed by atoms with Gasteiger partial charge in [0.05, 0.1) is 0 Å². The molecule has 0 saturated heterocycles. The lowest BCUT2D eigenvalue weighted by Crippen LogP contribution is -2.43. The van der Waals surface area contributed by atoms with Crippen LogP contribution in [0.15, 0.2) is 18.2 Å². The Morgan fingerprint density at radius 1 is 1.26 bits per heavy atom. The average Bonchev–Trinajstić information content (AvgIpc) is 2.33. The first-order valence-corrected chi connectivity index (χ1v) is 6.36. The van der Waals surface area contributed by atoms with Gasteiger partial charge in [-0.05, 0) is 24.1 Å². The number of carboxylic acid groups (broad SMARTS) is 1. The molecule has 1 aromatic rings. The van der Waals surface area contributed by atoms with Crippen molar-refractivity contribution in [3.8, 4) is 0 Å². The molecule has 19 heavy (non-hydrogen) atoms. The van der Waals surface area contributed by atoms with E-state index in [2.05, 4.69) is 0 Å². The number of aliphatic carboxylic acids is 1. The minimum Gasteiger partial charge on any atom is -0.481 e. The van der Waals surface area contributed by atoms with E-state index in [4.69, 9.17) is 5.73 Å². The van der Waals surface area contributed by atoms with Crippen LogP contribution >= 0.6 is 0 Å². The number of carbonyl (C=O) groups is 1. The van der Waals surface area contributed by atoms with Gasteiger partial charge in [-0.3, -0.25) is 4.79 Å². The van der Waals surface area contributed by atoms with Crippen LogP contribution in [0.2, 0.25) is 0 Å². The summed E-state index contributed by atoms with van der Waals surface area (Å²) in [4.78, 5) is 11.5. The van der Waals surface area contributed by atoms with E-state index in [1.165, 1.54) is 0 Å². The van der Waals surface area contributed by atoms with E-state index in [-0.39, 0.29) is 18.5 Å². The average molecular weight is 271 g/mol. The Morgan fingerprint density at radius 3 is 2.26 bits per heavy atom. The lowest BCUT2D eigenvalue weighted by molar-refractivity contribution is -0.143. The maximum absolute atomic E-state index is 13.3. The summed E-state index contributed by atoms with van der Waals surface area (Å²) in [5, 5.41) is 9.43. The second kappa shape index (κ2) is 6.61. The number of benzene rings is 1. The van der Waals surface area contributed by atoms with Crippen LogP contribution in [0.1, 0.15) is 38.2 Å². The first-order chi connectivity index (χ1) is 8.96. The molecule has 106 valence electrons. The van der Waals surface area contributed by atoms with Crippen LogP contribution in [0.3, 0.4) is 0 Å². The molecule has 0 aliphatic rings. The second-order valence-electron chi connectivity index (χ2n) is 4.71. The molecule has 5 heteroatoms. The van der Waals surface area contributed by atoms with Crippen LogP contribution in [-0.2, 0) is 10.2 Å². The van der Waals surface area contributed by atoms with Crippen LogP contribution in [0.5, 0.6) is 0 Å². The molecule has 0 aromatic heterocycles. The predicted octanol–water partition coefficient (Wildman–Crippen LogP) is 2.83. The number of rotatable bonds is 7. The van der Waals surface area contributed by atoms with Crippen molar-refractivity contribution < 1.29 is 18.7 Å². The van der Waals surface area contributed by atoms with Crippen LogP contribution < -0.4 is 5.73 Å². The standard InChI is InChI=1S/C14H19F2NO2/c1-2-3-4-5-14(9-17,13(18)19)10-6-11(15)8-12(16)7-10/h6-8H,2-5,9,17H2,1H3,(H,18,19). The fourth-order valence-corrected chi connectivity index (χ4v) is 2.19. The zero-order chi connectivity index (χ0) is 14.5. The van der Waals surface area contributed by atoms with Crippen LogP contribution in [0, 0.1) is 11.6 Å². The summed E-state index contributed by atoms with van der Waals surface area (Å²) in [5.74, 6) is -2.72. The summed E-state index contributed by atoms with van der Waals surface area (Å²) in [6.07, 6.45) is 2.71. The third-order valence-corrected chi connectivity index (χ3v) is 3.38. The molecule has 0 amide bonds. The van der Waals surface area contributed by atoms with Gasteiger partial charge in [-0.1, -0.05) is 26.2 Å². The highest BCUT2D eigenvalue weighted by Gasteiger charge is 2.39. The van der Waals surface area contributed by atoms with Gasteiger partial charge in [-0.2, -0.15) is 0 Å². The molecular formula is C14H19F2NO2. The molecule has 1 atom stereocenters. The van der Waals surface area contributed by atoms with Gasteiger partial charge in [0.2, 0.25) is 0 Å². The van der Waals surface area contributed by atoms with Gasteiger partial charge < -0.3 is 10.8 Å². The molecular weight excluding hydrogens is 252 g/mol. The van der Waals surface area contributed by atoms with E-state index < -0.39 is 23.0 Å². The highest BCUT2D eigenvalue weighted by Crippen LogP contribution is 2.31. The van der Waals surface area contributed by atoms with Gasteiger partial charge >= 0.3 is 5.97 Å². The summed E-state index contributed by atoms with van der Waals surface area (Å²) in [6, 6.07) is 2.82. The zero-order valence-corrected chi connectivity index (χ0v) is 11.0. The van der Waals surface area contributed by atoms with E-state index in [1.807, 2.05) is 6.92 Å². The topological polar surface area (TPSA) is 63.3 Å². The Kier molecular flexibility index (Phi) is 5.42. The molecule has 1 aromatic carbocycles. The minimum atomic E-state index is -1.42. The first-order valence-electron chi connectivity index (χ1n) is 6.36. The fraction of sp³-hybridized carbons (Fsp3) is 0.500. The molecule has 1 unspecified atom stereocenters. The maximum atomic E-state index is 13.3. The van der Waals surface area contributed by atoms with Crippen molar-refractivity contribution in [1.29, 1.82) is 0 Å². The molecule has 0 aliphatic heterocycles. The zero-order valence-electron chi connectivity index (χ0n) is 11.0. The smallest absolute Gasteiger partial charge is 0.315 e. The van der Waals surface area contributed by atoms with Crippen molar-refractivity contribution in [1.82, 2.24) is 0 Å². The van der Waals surface area contributed by atoms with Crippen LogP contribution in [0.4, 0.5) is 8.78 Å². The van der Waals surface area contributed by atoms with Gasteiger partial charge in [0.25, 0.3) is 0 Å². The highest BCUT2D eigenvalue weighted by atomic mass is 19.1. The summed E-state index contributed by atoms with van der Waals surface area (Å²) < 4.78 is 26.5. The monoisotopic (exact) mass is 271 g/mol. The van der Waals surface area contributed by atoms with Crippen molar-refractivity contribution >= 4 is 5.97 Å². The molecule has 3 N–H and O–H groups in total. The lowest BCUT2D eigenvalue weighted by Gasteiger charge is -2.28. The lowest BCUT2D eigenvalue weighted by atomic mass is 9.76. The molecule has 1 rings (SSSR count). The normalized spacial score (nSPS) is 14.1. The minimum absolute atomic E-state index is 0.0936. The van der Waals surface area contributed by atoms with Crippen molar-refractivity contribution in [3.05, 3.63) is 35.4 Å². The highest BCUT2D eigenvalue weighted by molar-refractivity contribution is 5.81. The number of halogens is 2. The number of nitrogens with two attached hydrogens (primary N) is 1. The maximum Gasteiger partial charge on any atom is 0.315 e. The van der Waals surface area contributed by atoms with Gasteiger partial charge in [-0.15, -0.1) is 0 Å².